The molecule has 1 aromatic rings. The summed E-state index contributed by atoms with van der Waals surface area (Å²) in [4.78, 5) is 12.0. The van der Waals surface area contributed by atoms with Crippen molar-refractivity contribution in [2.75, 3.05) is 13.2 Å². The fourth-order valence-corrected chi connectivity index (χ4v) is 2.33. The van der Waals surface area contributed by atoms with Crippen LogP contribution in [0.5, 0.6) is 11.5 Å². The molecule has 0 unspecified atom stereocenters. The van der Waals surface area contributed by atoms with Crippen LogP contribution in [0.1, 0.15) is 31.1 Å². The molecule has 0 fully saturated rings. The average molecular weight is 315 g/mol. The molecule has 0 radical (unpaired) electrons. The van der Waals surface area contributed by atoms with E-state index in [0.717, 1.165) is 6.07 Å². The van der Waals surface area contributed by atoms with Gasteiger partial charge in [0.25, 0.3) is 0 Å². The Morgan fingerprint density at radius 1 is 1.24 bits per heavy atom. The number of fused-ring (bicyclic) bond motifs is 1. The number of sulfonamides is 1. The minimum Gasteiger partial charge on any atom is -0.486 e. The van der Waals surface area contributed by atoms with Crippen molar-refractivity contribution >= 4 is 16.0 Å². The molecule has 0 aliphatic carbocycles. The van der Waals surface area contributed by atoms with E-state index < -0.39 is 21.6 Å². The molecule has 0 bridgehead atoms. The highest BCUT2D eigenvalue weighted by Gasteiger charge is 2.28. The molecule has 1 aromatic carbocycles. The number of benzene rings is 1. The predicted octanol–water partition coefficient (Wildman–Crippen LogP) is 1.06. The third kappa shape index (κ3) is 3.64. The largest absolute Gasteiger partial charge is 0.486 e. The van der Waals surface area contributed by atoms with Crippen LogP contribution in [0.15, 0.2) is 17.0 Å². The summed E-state index contributed by atoms with van der Waals surface area (Å²) in [5, 5.41) is 5.11. The molecule has 0 saturated carbocycles. The SMILES string of the molecule is CC(C)(C)OC(=O)c1cc(S(N)(=O)=O)cc2c1OCCO2. The Morgan fingerprint density at radius 3 is 2.43 bits per heavy atom. The van der Waals surface area contributed by atoms with Crippen LogP contribution in [0.3, 0.4) is 0 Å². The lowest BCUT2D eigenvalue weighted by molar-refractivity contribution is 0.00623. The maximum Gasteiger partial charge on any atom is 0.342 e. The van der Waals surface area contributed by atoms with E-state index in [1.807, 2.05) is 0 Å². The summed E-state index contributed by atoms with van der Waals surface area (Å²) in [6.45, 7) is 5.64. The first-order valence-electron chi connectivity index (χ1n) is 6.28. The number of hydrogen-bond acceptors (Lipinski definition) is 6. The molecule has 0 spiro atoms. The van der Waals surface area contributed by atoms with Gasteiger partial charge in [-0.2, -0.15) is 0 Å². The third-order valence-electron chi connectivity index (χ3n) is 2.56. The first-order chi connectivity index (χ1) is 9.58. The lowest BCUT2D eigenvalue weighted by Gasteiger charge is -2.24. The summed E-state index contributed by atoms with van der Waals surface area (Å²) in [5.74, 6) is -0.369. The Morgan fingerprint density at radius 2 is 1.86 bits per heavy atom. The van der Waals surface area contributed by atoms with Crippen LogP contribution < -0.4 is 14.6 Å². The number of carbonyl (C=O) groups is 1. The average Bonchev–Trinajstić information content (AvgIpc) is 2.34. The number of nitrogens with two attached hydrogens (primary N) is 1. The van der Waals surface area contributed by atoms with Gasteiger partial charge in [0.05, 0.1) is 4.90 Å². The number of carbonyl (C=O) groups excluding carboxylic acids is 1. The van der Waals surface area contributed by atoms with Gasteiger partial charge in [0.2, 0.25) is 10.0 Å². The monoisotopic (exact) mass is 315 g/mol. The summed E-state index contributed by atoms with van der Waals surface area (Å²) in [7, 11) is -3.98. The van der Waals surface area contributed by atoms with E-state index in [4.69, 9.17) is 19.3 Å². The zero-order valence-electron chi connectivity index (χ0n) is 12.0. The van der Waals surface area contributed by atoms with Gasteiger partial charge in [-0.1, -0.05) is 0 Å². The van der Waals surface area contributed by atoms with Crippen molar-refractivity contribution in [3.63, 3.8) is 0 Å². The van der Waals surface area contributed by atoms with Crippen LogP contribution in [0.2, 0.25) is 0 Å². The van der Waals surface area contributed by atoms with Gasteiger partial charge in [-0.05, 0) is 26.8 Å². The highest BCUT2D eigenvalue weighted by atomic mass is 32.2. The predicted molar refractivity (Wildman–Crippen MR) is 74.0 cm³/mol. The van der Waals surface area contributed by atoms with Crippen LogP contribution in [0.4, 0.5) is 0 Å². The Hall–Kier alpha value is -1.80. The second-order valence-electron chi connectivity index (χ2n) is 5.54. The van der Waals surface area contributed by atoms with Crippen molar-refractivity contribution < 1.29 is 27.4 Å². The molecule has 0 saturated heterocycles. The van der Waals surface area contributed by atoms with Crippen LogP contribution in [0, 0.1) is 0 Å². The van der Waals surface area contributed by atoms with Crippen LogP contribution >= 0.6 is 0 Å². The molecular weight excluding hydrogens is 298 g/mol. The van der Waals surface area contributed by atoms with E-state index in [1.165, 1.54) is 6.07 Å². The third-order valence-corrected chi connectivity index (χ3v) is 3.46. The van der Waals surface area contributed by atoms with Gasteiger partial charge in [0.15, 0.2) is 11.5 Å². The van der Waals surface area contributed by atoms with Crippen molar-refractivity contribution in [1.29, 1.82) is 0 Å². The van der Waals surface area contributed by atoms with Gasteiger partial charge in [-0.25, -0.2) is 18.4 Å². The van der Waals surface area contributed by atoms with Crippen molar-refractivity contribution in [2.24, 2.45) is 5.14 Å². The first-order valence-corrected chi connectivity index (χ1v) is 7.82. The van der Waals surface area contributed by atoms with Crippen molar-refractivity contribution in [3.05, 3.63) is 17.7 Å². The fourth-order valence-electron chi connectivity index (χ4n) is 1.78. The van der Waals surface area contributed by atoms with Gasteiger partial charge >= 0.3 is 5.97 Å². The number of rotatable bonds is 2. The van der Waals surface area contributed by atoms with E-state index in [1.54, 1.807) is 20.8 Å². The summed E-state index contributed by atoms with van der Waals surface area (Å²) in [5.41, 5.74) is -0.747. The summed E-state index contributed by atoms with van der Waals surface area (Å²) < 4.78 is 39.0. The Labute approximate surface area is 123 Å². The van der Waals surface area contributed by atoms with Crippen molar-refractivity contribution in [1.82, 2.24) is 0 Å². The van der Waals surface area contributed by atoms with E-state index in [9.17, 15) is 13.2 Å². The lowest BCUT2D eigenvalue weighted by atomic mass is 10.1. The van der Waals surface area contributed by atoms with Gasteiger partial charge in [0.1, 0.15) is 24.4 Å². The minimum absolute atomic E-state index is 0.0221. The van der Waals surface area contributed by atoms with E-state index in [-0.39, 0.29) is 35.2 Å². The van der Waals surface area contributed by atoms with Crippen molar-refractivity contribution in [3.8, 4) is 11.5 Å². The topological polar surface area (TPSA) is 105 Å². The normalized spacial score (nSPS) is 14.7. The quantitative estimate of drug-likeness (QED) is 0.818. The minimum atomic E-state index is -3.98. The molecule has 2 rings (SSSR count). The molecular formula is C13H17NO6S. The Kier molecular flexibility index (Phi) is 3.85. The van der Waals surface area contributed by atoms with Gasteiger partial charge in [0, 0.05) is 6.07 Å². The molecule has 0 amide bonds. The standard InChI is InChI=1S/C13H17NO6S/c1-13(2,3)20-12(15)9-6-8(21(14,16)17)7-10-11(9)19-5-4-18-10/h6-7H,4-5H2,1-3H3,(H2,14,16,17). The van der Waals surface area contributed by atoms with Crippen molar-refractivity contribution in [2.45, 2.75) is 31.3 Å². The smallest absolute Gasteiger partial charge is 0.342 e. The molecule has 0 aromatic heterocycles. The molecule has 8 heteroatoms. The van der Waals surface area contributed by atoms with Gasteiger partial charge < -0.3 is 14.2 Å². The maximum atomic E-state index is 12.2. The molecule has 21 heavy (non-hydrogen) atoms. The zero-order chi connectivity index (χ0) is 15.8. The van der Waals surface area contributed by atoms with E-state index in [2.05, 4.69) is 0 Å². The van der Waals surface area contributed by atoms with Crippen LogP contribution in [-0.4, -0.2) is 33.2 Å². The zero-order valence-corrected chi connectivity index (χ0v) is 12.8. The molecule has 1 heterocycles. The fraction of sp³-hybridized carbons (Fsp3) is 0.462. The van der Waals surface area contributed by atoms with Crippen LogP contribution in [-0.2, 0) is 14.8 Å². The number of primary sulfonamides is 1. The number of hydrogen-bond donors (Lipinski definition) is 1. The Balaban J connectivity index is 2.55. The maximum absolute atomic E-state index is 12.2. The molecule has 116 valence electrons. The highest BCUT2D eigenvalue weighted by Crippen LogP contribution is 2.37. The second kappa shape index (κ2) is 5.19. The first kappa shape index (κ1) is 15.6. The molecule has 7 nitrogen and oxygen atoms in total. The molecule has 1 aliphatic rings. The van der Waals surface area contributed by atoms with Crippen LogP contribution in [0.25, 0.3) is 0 Å². The lowest BCUT2D eigenvalue weighted by Crippen LogP contribution is -2.26. The molecule has 2 N–H and O–H groups in total. The summed E-state index contributed by atoms with van der Waals surface area (Å²) >= 11 is 0. The summed E-state index contributed by atoms with van der Waals surface area (Å²) in [6.07, 6.45) is 0. The Bertz CT molecular complexity index is 675. The van der Waals surface area contributed by atoms with E-state index >= 15 is 0 Å². The van der Waals surface area contributed by atoms with Gasteiger partial charge in [-0.15, -0.1) is 0 Å². The highest BCUT2D eigenvalue weighted by molar-refractivity contribution is 7.89. The number of ether oxygens (including phenoxy) is 3. The van der Waals surface area contributed by atoms with Gasteiger partial charge in [-0.3, -0.25) is 0 Å². The molecule has 1 aliphatic heterocycles. The number of esters is 1. The second-order valence-corrected chi connectivity index (χ2v) is 7.10. The molecule has 0 atom stereocenters. The summed E-state index contributed by atoms with van der Waals surface area (Å²) in [6, 6.07) is 2.37. The van der Waals surface area contributed by atoms with E-state index in [0.29, 0.717) is 0 Å².